The van der Waals surface area contributed by atoms with E-state index in [1.54, 1.807) is 6.20 Å². The van der Waals surface area contributed by atoms with Gasteiger partial charge in [-0.15, -0.1) is 0 Å². The molecule has 0 unspecified atom stereocenters. The van der Waals surface area contributed by atoms with Crippen molar-refractivity contribution in [1.29, 1.82) is 0 Å². The zero-order valence-electron chi connectivity index (χ0n) is 12.6. The largest absolute Gasteiger partial charge is 0.352 e. The number of hydrogen-bond acceptors (Lipinski definition) is 3. The van der Waals surface area contributed by atoms with Crippen LogP contribution in [0.3, 0.4) is 0 Å². The Balaban J connectivity index is 1.82. The van der Waals surface area contributed by atoms with Crippen LogP contribution < -0.4 is 5.32 Å². The second-order valence-electron chi connectivity index (χ2n) is 4.92. The van der Waals surface area contributed by atoms with Gasteiger partial charge in [0, 0.05) is 43.5 Å². The van der Waals surface area contributed by atoms with Crippen molar-refractivity contribution >= 4 is 21.8 Å². The molecule has 0 aliphatic rings. The summed E-state index contributed by atoms with van der Waals surface area (Å²) in [7, 11) is 0. The smallest absolute Gasteiger partial charge is 0.222 e. The lowest BCUT2D eigenvalue weighted by atomic mass is 10.2. The van der Waals surface area contributed by atoms with Crippen molar-refractivity contribution in [3.63, 3.8) is 0 Å². The minimum absolute atomic E-state index is 0.0182. The molecule has 2 heterocycles. The molecule has 0 atom stereocenters. The van der Waals surface area contributed by atoms with E-state index in [1.165, 1.54) is 0 Å². The summed E-state index contributed by atoms with van der Waals surface area (Å²) >= 11 is 3.41. The van der Waals surface area contributed by atoms with Gasteiger partial charge in [0.15, 0.2) is 0 Å². The van der Waals surface area contributed by atoms with Gasteiger partial charge in [0.1, 0.15) is 0 Å². The molecule has 0 saturated heterocycles. The van der Waals surface area contributed by atoms with Crippen LogP contribution in [-0.2, 0) is 24.4 Å². The second-order valence-corrected chi connectivity index (χ2v) is 5.78. The van der Waals surface area contributed by atoms with Crippen molar-refractivity contribution in [3.05, 3.63) is 33.8 Å². The third-order valence-electron chi connectivity index (χ3n) is 3.44. The maximum absolute atomic E-state index is 11.9. The summed E-state index contributed by atoms with van der Waals surface area (Å²) in [6, 6.07) is 0. The highest BCUT2D eigenvalue weighted by Gasteiger charge is 2.08. The molecule has 0 aliphatic carbocycles. The summed E-state index contributed by atoms with van der Waals surface area (Å²) in [5, 5.41) is 11.5. The van der Waals surface area contributed by atoms with Gasteiger partial charge in [-0.1, -0.05) is 0 Å². The maximum Gasteiger partial charge on any atom is 0.222 e. The minimum Gasteiger partial charge on any atom is -0.352 e. The number of halogens is 1. The Morgan fingerprint density at radius 2 is 2.19 bits per heavy atom. The number of carbonyl (C=O) groups is 1. The van der Waals surface area contributed by atoms with Gasteiger partial charge in [-0.05, 0) is 36.7 Å². The first-order chi connectivity index (χ1) is 10.0. The van der Waals surface area contributed by atoms with Crippen molar-refractivity contribution in [1.82, 2.24) is 24.9 Å². The first-order valence-electron chi connectivity index (χ1n) is 6.98. The lowest BCUT2D eigenvalue weighted by molar-refractivity contribution is -0.121. The van der Waals surface area contributed by atoms with Crippen molar-refractivity contribution in [2.75, 3.05) is 0 Å². The number of amides is 1. The van der Waals surface area contributed by atoms with Crippen LogP contribution in [-0.4, -0.2) is 25.5 Å². The third kappa shape index (κ3) is 3.93. The van der Waals surface area contributed by atoms with E-state index in [-0.39, 0.29) is 5.91 Å². The molecule has 21 heavy (non-hydrogen) atoms. The summed E-state index contributed by atoms with van der Waals surface area (Å²) in [6.45, 7) is 7.90. The number of aryl methyl sites for hydroxylation is 3. The van der Waals surface area contributed by atoms with Gasteiger partial charge < -0.3 is 5.32 Å². The molecule has 0 aromatic carbocycles. The van der Waals surface area contributed by atoms with E-state index in [0.717, 1.165) is 28.0 Å². The number of aromatic nitrogens is 4. The van der Waals surface area contributed by atoms with Gasteiger partial charge in [0.2, 0.25) is 5.91 Å². The molecule has 2 aromatic rings. The monoisotopic (exact) mass is 353 g/mol. The Bertz CT molecular complexity index is 631. The van der Waals surface area contributed by atoms with Crippen LogP contribution >= 0.6 is 15.9 Å². The lowest BCUT2D eigenvalue weighted by Crippen LogP contribution is -2.24. The van der Waals surface area contributed by atoms with E-state index in [4.69, 9.17) is 0 Å². The molecular formula is C14H20BrN5O. The molecule has 6 nitrogen and oxygen atoms in total. The average molecular weight is 354 g/mol. The molecule has 0 spiro atoms. The molecule has 0 bridgehead atoms. The fourth-order valence-corrected chi connectivity index (χ4v) is 2.33. The van der Waals surface area contributed by atoms with E-state index in [2.05, 4.69) is 31.4 Å². The zero-order valence-corrected chi connectivity index (χ0v) is 14.1. The second kappa shape index (κ2) is 6.89. The van der Waals surface area contributed by atoms with E-state index in [1.807, 2.05) is 36.3 Å². The fraction of sp³-hybridized carbons (Fsp3) is 0.500. The van der Waals surface area contributed by atoms with Crippen LogP contribution in [0.2, 0.25) is 0 Å². The summed E-state index contributed by atoms with van der Waals surface area (Å²) in [5.74, 6) is 0.0182. The highest BCUT2D eigenvalue weighted by Crippen LogP contribution is 2.14. The van der Waals surface area contributed by atoms with Crippen LogP contribution in [0.4, 0.5) is 0 Å². The van der Waals surface area contributed by atoms with Gasteiger partial charge in [0.25, 0.3) is 0 Å². The van der Waals surface area contributed by atoms with Crippen molar-refractivity contribution in [2.45, 2.75) is 46.8 Å². The molecule has 0 radical (unpaired) electrons. The Morgan fingerprint density at radius 1 is 1.43 bits per heavy atom. The third-order valence-corrected chi connectivity index (χ3v) is 4.22. The standard InChI is InChI=1S/C14H20BrN5O/c1-4-19-9-12(10(2)18-19)7-16-14(21)5-6-20-11(3)13(15)8-17-20/h8-9H,4-7H2,1-3H3,(H,16,21). The molecule has 7 heteroatoms. The highest BCUT2D eigenvalue weighted by atomic mass is 79.9. The van der Waals surface area contributed by atoms with Gasteiger partial charge in [-0.2, -0.15) is 10.2 Å². The van der Waals surface area contributed by atoms with E-state index in [9.17, 15) is 4.79 Å². The van der Waals surface area contributed by atoms with Gasteiger partial charge >= 0.3 is 0 Å². The molecule has 2 aromatic heterocycles. The number of nitrogens with one attached hydrogen (secondary N) is 1. The van der Waals surface area contributed by atoms with E-state index in [0.29, 0.717) is 19.5 Å². The molecule has 0 fully saturated rings. The van der Waals surface area contributed by atoms with Crippen molar-refractivity contribution < 1.29 is 4.79 Å². The number of rotatable bonds is 6. The average Bonchev–Trinajstić information content (AvgIpc) is 2.99. The molecule has 114 valence electrons. The summed E-state index contributed by atoms with van der Waals surface area (Å²) in [5.41, 5.74) is 3.05. The lowest BCUT2D eigenvalue weighted by Gasteiger charge is -2.06. The maximum atomic E-state index is 11.9. The quantitative estimate of drug-likeness (QED) is 0.865. The van der Waals surface area contributed by atoms with Crippen LogP contribution in [0.1, 0.15) is 30.3 Å². The Kier molecular flexibility index (Phi) is 5.17. The Morgan fingerprint density at radius 3 is 2.76 bits per heavy atom. The topological polar surface area (TPSA) is 64.7 Å². The predicted octanol–water partition coefficient (Wildman–Crippen LogP) is 2.19. The van der Waals surface area contributed by atoms with Crippen LogP contribution in [0, 0.1) is 13.8 Å². The van der Waals surface area contributed by atoms with Gasteiger partial charge in [0.05, 0.1) is 16.4 Å². The highest BCUT2D eigenvalue weighted by molar-refractivity contribution is 9.10. The first-order valence-corrected chi connectivity index (χ1v) is 7.78. The number of nitrogens with zero attached hydrogens (tertiary/aromatic N) is 4. The van der Waals surface area contributed by atoms with Crippen LogP contribution in [0.5, 0.6) is 0 Å². The molecule has 0 aliphatic heterocycles. The Hall–Kier alpha value is -1.63. The molecular weight excluding hydrogens is 334 g/mol. The normalized spacial score (nSPS) is 10.9. The summed E-state index contributed by atoms with van der Waals surface area (Å²) in [4.78, 5) is 11.9. The Labute approximate surface area is 132 Å². The predicted molar refractivity (Wildman–Crippen MR) is 83.8 cm³/mol. The number of hydrogen-bond donors (Lipinski definition) is 1. The summed E-state index contributed by atoms with van der Waals surface area (Å²) < 4.78 is 4.66. The van der Waals surface area contributed by atoms with Gasteiger partial charge in [-0.3, -0.25) is 14.2 Å². The first kappa shape index (κ1) is 15.8. The molecule has 1 N–H and O–H groups in total. The van der Waals surface area contributed by atoms with Crippen molar-refractivity contribution in [3.8, 4) is 0 Å². The van der Waals surface area contributed by atoms with Gasteiger partial charge in [-0.25, -0.2) is 0 Å². The zero-order chi connectivity index (χ0) is 15.4. The minimum atomic E-state index is 0.0182. The van der Waals surface area contributed by atoms with Crippen molar-refractivity contribution in [2.24, 2.45) is 0 Å². The van der Waals surface area contributed by atoms with E-state index >= 15 is 0 Å². The van der Waals surface area contributed by atoms with Crippen LogP contribution in [0.15, 0.2) is 16.9 Å². The number of carbonyl (C=O) groups excluding carboxylic acids is 1. The van der Waals surface area contributed by atoms with Crippen LogP contribution in [0.25, 0.3) is 0 Å². The molecule has 2 rings (SSSR count). The van der Waals surface area contributed by atoms with E-state index < -0.39 is 0 Å². The SMILES string of the molecule is CCn1cc(CNC(=O)CCn2ncc(Br)c2C)c(C)n1. The summed E-state index contributed by atoms with van der Waals surface area (Å²) in [6.07, 6.45) is 4.13. The fourth-order valence-electron chi connectivity index (χ4n) is 2.03. The molecule has 1 amide bonds. The molecule has 0 saturated carbocycles.